The second kappa shape index (κ2) is 6.20. The predicted molar refractivity (Wildman–Crippen MR) is 76.2 cm³/mol. The lowest BCUT2D eigenvalue weighted by Crippen LogP contribution is -1.97. The molecule has 0 saturated carbocycles. The van der Waals surface area contributed by atoms with E-state index in [0.717, 1.165) is 22.7 Å². The number of fused-ring (bicyclic) bond motifs is 1. The van der Waals surface area contributed by atoms with Crippen LogP contribution in [0.15, 0.2) is 24.0 Å². The summed E-state index contributed by atoms with van der Waals surface area (Å²) in [6, 6.07) is 0. The molecular weight excluding hydrogens is 268 g/mol. The third-order valence-corrected chi connectivity index (χ3v) is 3.70. The molecule has 0 fully saturated rings. The molecule has 0 aromatic carbocycles. The number of hydrogen-bond acceptors (Lipinski definition) is 4. The first-order chi connectivity index (χ1) is 8.76. The Bertz CT molecular complexity index is 552. The fourth-order valence-electron chi connectivity index (χ4n) is 1.61. The molecule has 6 heteroatoms. The Kier molecular flexibility index (Phi) is 4.60. The average Bonchev–Trinajstić information content (AvgIpc) is 2.73. The van der Waals surface area contributed by atoms with E-state index in [2.05, 4.69) is 28.5 Å². The zero-order valence-corrected chi connectivity index (χ0v) is 11.8. The minimum Gasteiger partial charge on any atom is -0.323 e. The van der Waals surface area contributed by atoms with E-state index in [9.17, 15) is 0 Å². The lowest BCUT2D eigenvalue weighted by molar-refractivity contribution is 0.837. The maximum atomic E-state index is 5.92. The minimum absolute atomic E-state index is 0.255. The second-order valence-corrected chi connectivity index (χ2v) is 5.28. The first kappa shape index (κ1) is 13.4. The molecule has 0 aliphatic carbocycles. The summed E-state index contributed by atoms with van der Waals surface area (Å²) < 4.78 is 1.99. The summed E-state index contributed by atoms with van der Waals surface area (Å²) in [4.78, 5) is 12.7. The van der Waals surface area contributed by atoms with Gasteiger partial charge in [-0.15, -0.1) is 18.3 Å². The van der Waals surface area contributed by atoms with E-state index < -0.39 is 0 Å². The van der Waals surface area contributed by atoms with Crippen molar-refractivity contribution in [1.29, 1.82) is 0 Å². The van der Waals surface area contributed by atoms with Crippen LogP contribution >= 0.6 is 23.4 Å². The summed E-state index contributed by atoms with van der Waals surface area (Å²) in [6.07, 6.45) is 5.90. The van der Waals surface area contributed by atoms with Crippen molar-refractivity contribution in [2.75, 3.05) is 5.75 Å². The third-order valence-electron chi connectivity index (χ3n) is 2.48. The van der Waals surface area contributed by atoms with Gasteiger partial charge in [-0.05, 0) is 23.8 Å². The number of halogens is 1. The quantitative estimate of drug-likeness (QED) is 0.267. The van der Waals surface area contributed by atoms with Crippen LogP contribution in [0.4, 0.5) is 0 Å². The molecule has 0 amide bonds. The van der Waals surface area contributed by atoms with Crippen molar-refractivity contribution < 1.29 is 0 Å². The lowest BCUT2D eigenvalue weighted by Gasteiger charge is -2.05. The molecule has 2 heterocycles. The van der Waals surface area contributed by atoms with Gasteiger partial charge in [-0.1, -0.05) is 19.4 Å². The molecule has 2 aromatic heterocycles. The Morgan fingerprint density at radius 1 is 1.50 bits per heavy atom. The largest absolute Gasteiger partial charge is 0.323 e. The summed E-state index contributed by atoms with van der Waals surface area (Å²) >= 11 is 7.62. The fourth-order valence-corrected chi connectivity index (χ4v) is 2.95. The van der Waals surface area contributed by atoms with Gasteiger partial charge in [0.1, 0.15) is 10.5 Å². The van der Waals surface area contributed by atoms with E-state index >= 15 is 0 Å². The highest BCUT2D eigenvalue weighted by molar-refractivity contribution is 7.99. The molecule has 4 nitrogen and oxygen atoms in total. The Balaban J connectivity index is 2.40. The highest BCUT2D eigenvalue weighted by Gasteiger charge is 2.12. The van der Waals surface area contributed by atoms with Crippen molar-refractivity contribution >= 4 is 34.5 Å². The Hall–Kier alpha value is -1.07. The topological polar surface area (TPSA) is 43.6 Å². The van der Waals surface area contributed by atoms with Gasteiger partial charge in [-0.3, -0.25) is 0 Å². The Labute approximate surface area is 115 Å². The molecule has 0 aliphatic rings. The minimum atomic E-state index is 0.255. The van der Waals surface area contributed by atoms with Gasteiger partial charge in [0.2, 0.25) is 5.28 Å². The molecular formula is C12H15ClN4S. The maximum Gasteiger partial charge on any atom is 0.225 e. The number of imidazole rings is 1. The van der Waals surface area contributed by atoms with Crippen LogP contribution in [0.1, 0.15) is 19.8 Å². The average molecular weight is 283 g/mol. The van der Waals surface area contributed by atoms with Gasteiger partial charge in [0.15, 0.2) is 5.65 Å². The number of rotatable bonds is 6. The summed E-state index contributed by atoms with van der Waals surface area (Å²) in [5.41, 5.74) is 1.59. The van der Waals surface area contributed by atoms with Crippen molar-refractivity contribution in [3.63, 3.8) is 0 Å². The zero-order chi connectivity index (χ0) is 13.0. The second-order valence-electron chi connectivity index (χ2n) is 3.86. The molecule has 2 aromatic rings. The maximum absolute atomic E-state index is 5.92. The molecule has 0 N–H and O–H groups in total. The van der Waals surface area contributed by atoms with E-state index in [4.69, 9.17) is 11.6 Å². The number of unbranched alkanes of at least 4 members (excludes halogenated alkanes) is 1. The van der Waals surface area contributed by atoms with E-state index in [1.807, 2.05) is 10.6 Å². The molecule has 2 rings (SSSR count). The summed E-state index contributed by atoms with van der Waals surface area (Å²) in [7, 11) is 0. The van der Waals surface area contributed by atoms with Gasteiger partial charge in [0.25, 0.3) is 0 Å². The van der Waals surface area contributed by atoms with Gasteiger partial charge in [-0.25, -0.2) is 9.97 Å². The van der Waals surface area contributed by atoms with E-state index in [-0.39, 0.29) is 5.28 Å². The van der Waals surface area contributed by atoms with Crippen LogP contribution in [0.25, 0.3) is 11.2 Å². The summed E-state index contributed by atoms with van der Waals surface area (Å²) in [6.45, 7) is 6.61. The van der Waals surface area contributed by atoms with E-state index in [1.165, 1.54) is 6.42 Å². The lowest BCUT2D eigenvalue weighted by atomic mass is 10.4. The Morgan fingerprint density at radius 3 is 3.06 bits per heavy atom. The number of aromatic nitrogens is 4. The fraction of sp³-hybridized carbons (Fsp3) is 0.417. The van der Waals surface area contributed by atoms with Crippen molar-refractivity contribution in [2.24, 2.45) is 0 Å². The van der Waals surface area contributed by atoms with Gasteiger partial charge >= 0.3 is 0 Å². The van der Waals surface area contributed by atoms with E-state index in [1.54, 1.807) is 18.1 Å². The van der Waals surface area contributed by atoms with Crippen LogP contribution < -0.4 is 0 Å². The number of allylic oxidation sites excluding steroid dienone is 1. The standard InChI is InChI=1S/C12H15ClN4S/c1-3-5-7-18-11-9-10(15-12(13)16-11)14-8-17(9)6-4-2/h4,8H,2-3,5-7H2,1H3. The normalized spacial score (nSPS) is 11.0. The number of hydrogen-bond donors (Lipinski definition) is 0. The third kappa shape index (κ3) is 2.84. The SMILES string of the molecule is C=CCn1cnc2nc(Cl)nc(SCCCC)c21. The molecule has 0 saturated heterocycles. The molecule has 0 bridgehead atoms. The monoisotopic (exact) mass is 282 g/mol. The molecule has 0 radical (unpaired) electrons. The first-order valence-electron chi connectivity index (χ1n) is 5.88. The number of nitrogens with zero attached hydrogens (tertiary/aromatic N) is 4. The van der Waals surface area contributed by atoms with Crippen molar-refractivity contribution in [2.45, 2.75) is 31.3 Å². The van der Waals surface area contributed by atoms with Gasteiger partial charge in [-0.2, -0.15) is 4.98 Å². The molecule has 0 spiro atoms. The molecule has 0 unspecified atom stereocenters. The zero-order valence-electron chi connectivity index (χ0n) is 10.3. The first-order valence-corrected chi connectivity index (χ1v) is 7.24. The van der Waals surface area contributed by atoms with Crippen LogP contribution in [-0.4, -0.2) is 25.3 Å². The van der Waals surface area contributed by atoms with Crippen molar-refractivity contribution in [3.8, 4) is 0 Å². The predicted octanol–water partition coefficient (Wildman–Crippen LogP) is 3.56. The molecule has 0 aliphatic heterocycles. The van der Waals surface area contributed by atoms with Crippen LogP contribution in [0.2, 0.25) is 5.28 Å². The van der Waals surface area contributed by atoms with Gasteiger partial charge in [0, 0.05) is 6.54 Å². The van der Waals surface area contributed by atoms with Gasteiger partial charge < -0.3 is 4.57 Å². The highest BCUT2D eigenvalue weighted by Crippen LogP contribution is 2.26. The summed E-state index contributed by atoms with van der Waals surface area (Å²) in [5.74, 6) is 1.03. The van der Waals surface area contributed by atoms with E-state index in [0.29, 0.717) is 12.2 Å². The smallest absolute Gasteiger partial charge is 0.225 e. The summed E-state index contributed by atoms with van der Waals surface area (Å²) in [5, 5.41) is 1.16. The highest BCUT2D eigenvalue weighted by atomic mass is 35.5. The van der Waals surface area contributed by atoms with Crippen LogP contribution in [-0.2, 0) is 6.54 Å². The van der Waals surface area contributed by atoms with Crippen LogP contribution in [0, 0.1) is 0 Å². The Morgan fingerprint density at radius 2 is 2.33 bits per heavy atom. The van der Waals surface area contributed by atoms with Crippen molar-refractivity contribution in [3.05, 3.63) is 24.3 Å². The van der Waals surface area contributed by atoms with Crippen molar-refractivity contribution in [1.82, 2.24) is 19.5 Å². The van der Waals surface area contributed by atoms with Gasteiger partial charge in [0.05, 0.1) is 6.33 Å². The molecule has 0 atom stereocenters. The molecule has 96 valence electrons. The molecule has 18 heavy (non-hydrogen) atoms. The van der Waals surface area contributed by atoms with Crippen LogP contribution in [0.3, 0.4) is 0 Å². The van der Waals surface area contributed by atoms with Crippen LogP contribution in [0.5, 0.6) is 0 Å². The number of thioether (sulfide) groups is 1.